The van der Waals surface area contributed by atoms with E-state index in [0.29, 0.717) is 29.1 Å². The second-order valence-electron chi connectivity index (χ2n) is 7.94. The van der Waals surface area contributed by atoms with Crippen molar-refractivity contribution in [3.8, 4) is 11.4 Å². The predicted molar refractivity (Wildman–Crippen MR) is 101 cm³/mol. The molecular formula is C21H17N3O4. The van der Waals surface area contributed by atoms with Crippen LogP contribution in [0.15, 0.2) is 29.1 Å². The van der Waals surface area contributed by atoms with Crippen LogP contribution in [0.1, 0.15) is 40.8 Å². The van der Waals surface area contributed by atoms with Crippen LogP contribution in [0.4, 0.5) is 0 Å². The molecule has 0 fully saturated rings. The second-order valence-corrected chi connectivity index (χ2v) is 7.94. The average molecular weight is 375 g/mol. The maximum absolute atomic E-state index is 13.2. The van der Waals surface area contributed by atoms with Crippen LogP contribution in [0, 0.1) is 0 Å². The molecule has 6 rings (SSSR count). The van der Waals surface area contributed by atoms with Gasteiger partial charge in [-0.3, -0.25) is 4.79 Å². The number of cyclic esters (lactones) is 1. The van der Waals surface area contributed by atoms with Gasteiger partial charge in [0.25, 0.3) is 5.56 Å². The smallest absolute Gasteiger partial charge is 0.342 e. The van der Waals surface area contributed by atoms with Gasteiger partial charge < -0.3 is 20.1 Å². The number of nitrogens with two attached hydrogens (primary N) is 1. The number of carbonyl (C=O) groups is 1. The molecule has 3 aromatic rings. The number of aromatic nitrogens is 2. The zero-order chi connectivity index (χ0) is 19.4. The largest absolute Gasteiger partial charge is 0.458 e. The Balaban J connectivity index is 1.70. The molecule has 0 saturated carbocycles. The third-order valence-electron chi connectivity index (χ3n) is 6.28. The molecule has 1 unspecified atom stereocenters. The van der Waals surface area contributed by atoms with Gasteiger partial charge in [-0.25, -0.2) is 9.78 Å². The Kier molecular flexibility index (Phi) is 2.78. The van der Waals surface area contributed by atoms with E-state index < -0.39 is 11.6 Å². The van der Waals surface area contributed by atoms with Crippen LogP contribution in [0.25, 0.3) is 22.3 Å². The molecule has 4 heterocycles. The molecule has 3 aliphatic rings. The number of ether oxygens (including phenoxy) is 1. The monoisotopic (exact) mass is 375 g/mol. The summed E-state index contributed by atoms with van der Waals surface area (Å²) in [5.41, 5.74) is 10.3. The number of rotatable bonds is 0. The quantitative estimate of drug-likeness (QED) is 0.448. The topological polar surface area (TPSA) is 107 Å². The van der Waals surface area contributed by atoms with Crippen LogP contribution in [-0.2, 0) is 34.7 Å². The summed E-state index contributed by atoms with van der Waals surface area (Å²) in [4.78, 5) is 30.0. The van der Waals surface area contributed by atoms with Gasteiger partial charge in [0.2, 0.25) is 0 Å². The van der Waals surface area contributed by atoms with Crippen LogP contribution in [0.2, 0.25) is 0 Å². The molecule has 0 amide bonds. The highest BCUT2D eigenvalue weighted by molar-refractivity contribution is 5.93. The van der Waals surface area contributed by atoms with E-state index in [9.17, 15) is 14.7 Å². The van der Waals surface area contributed by atoms with Gasteiger partial charge in [-0.2, -0.15) is 0 Å². The fourth-order valence-corrected chi connectivity index (χ4v) is 4.91. The van der Waals surface area contributed by atoms with Gasteiger partial charge in [-0.1, -0.05) is 12.1 Å². The third-order valence-corrected chi connectivity index (χ3v) is 6.28. The lowest BCUT2D eigenvalue weighted by atomic mass is 9.89. The number of pyridine rings is 2. The Bertz CT molecular complexity index is 1310. The molecule has 0 radical (unpaired) electrons. The summed E-state index contributed by atoms with van der Waals surface area (Å²) in [7, 11) is 0. The number of fused-ring (bicyclic) bond motifs is 5. The van der Waals surface area contributed by atoms with Gasteiger partial charge in [-0.05, 0) is 36.6 Å². The Labute approximate surface area is 159 Å². The molecule has 1 aliphatic carbocycles. The lowest BCUT2D eigenvalue weighted by Gasteiger charge is -2.29. The van der Waals surface area contributed by atoms with Gasteiger partial charge >= 0.3 is 5.97 Å². The number of aliphatic hydroxyl groups is 1. The fourth-order valence-electron chi connectivity index (χ4n) is 4.91. The molecule has 3 N–H and O–H groups in total. The number of hydrogen-bond donors (Lipinski definition) is 2. The maximum atomic E-state index is 13.2. The molecule has 0 spiro atoms. The highest BCUT2D eigenvalue weighted by atomic mass is 16.6. The van der Waals surface area contributed by atoms with E-state index in [0.717, 1.165) is 28.5 Å². The minimum absolute atomic E-state index is 0.133. The molecule has 2 atom stereocenters. The molecule has 2 aliphatic heterocycles. The summed E-state index contributed by atoms with van der Waals surface area (Å²) in [6.45, 7) is 1.61. The lowest BCUT2D eigenvalue weighted by molar-refractivity contribution is -0.169. The second kappa shape index (κ2) is 4.87. The first-order valence-corrected chi connectivity index (χ1v) is 9.25. The van der Waals surface area contributed by atoms with Crippen LogP contribution in [-0.4, -0.2) is 20.6 Å². The Morgan fingerprint density at radius 3 is 2.96 bits per heavy atom. The van der Waals surface area contributed by atoms with Crippen molar-refractivity contribution in [1.82, 2.24) is 9.55 Å². The van der Waals surface area contributed by atoms with Crippen molar-refractivity contribution in [2.45, 2.75) is 38.1 Å². The Morgan fingerprint density at radius 1 is 1.32 bits per heavy atom. The van der Waals surface area contributed by atoms with Crippen LogP contribution < -0.4 is 11.3 Å². The zero-order valence-corrected chi connectivity index (χ0v) is 15.2. The SMILES string of the molecule is C[C@@]1(O)C(=O)OCc2c1cc1n(c2=O)Cc2c-1nc1cccc3c1c2C(N)C3. The highest BCUT2D eigenvalue weighted by Crippen LogP contribution is 2.44. The van der Waals surface area contributed by atoms with Gasteiger partial charge in [0.15, 0.2) is 5.60 Å². The van der Waals surface area contributed by atoms with Crippen molar-refractivity contribution in [2.24, 2.45) is 5.73 Å². The molecule has 7 heteroatoms. The van der Waals surface area contributed by atoms with Gasteiger partial charge in [0, 0.05) is 22.6 Å². The first-order valence-electron chi connectivity index (χ1n) is 9.25. The summed E-state index contributed by atoms with van der Waals surface area (Å²) >= 11 is 0. The van der Waals surface area contributed by atoms with Crippen molar-refractivity contribution < 1.29 is 14.6 Å². The average Bonchev–Trinajstić information content (AvgIpc) is 3.19. The van der Waals surface area contributed by atoms with E-state index in [1.54, 1.807) is 10.6 Å². The number of hydrogen-bond acceptors (Lipinski definition) is 6. The first-order chi connectivity index (χ1) is 13.4. The molecule has 1 aromatic carbocycles. The summed E-state index contributed by atoms with van der Waals surface area (Å²) in [5, 5.41) is 11.7. The molecule has 0 bridgehead atoms. The summed E-state index contributed by atoms with van der Waals surface area (Å²) in [6.07, 6.45) is 0.754. The normalized spacial score (nSPS) is 24.1. The molecular weight excluding hydrogens is 358 g/mol. The number of carbonyl (C=O) groups excluding carboxylic acids is 1. The fraction of sp³-hybridized carbons (Fsp3) is 0.286. The Morgan fingerprint density at radius 2 is 2.14 bits per heavy atom. The van der Waals surface area contributed by atoms with E-state index >= 15 is 0 Å². The first kappa shape index (κ1) is 16.0. The van der Waals surface area contributed by atoms with Gasteiger partial charge in [0.05, 0.1) is 29.0 Å². The predicted octanol–water partition coefficient (Wildman–Crippen LogP) is 1.25. The summed E-state index contributed by atoms with van der Waals surface area (Å²) in [5.74, 6) is -0.751. The minimum Gasteiger partial charge on any atom is -0.458 e. The summed E-state index contributed by atoms with van der Waals surface area (Å²) in [6, 6.07) is 7.56. The highest BCUT2D eigenvalue weighted by Gasteiger charge is 2.43. The van der Waals surface area contributed by atoms with Crippen molar-refractivity contribution in [1.29, 1.82) is 0 Å². The molecule has 28 heavy (non-hydrogen) atoms. The Hall–Kier alpha value is -3.03. The van der Waals surface area contributed by atoms with Gasteiger partial charge in [-0.15, -0.1) is 0 Å². The molecule has 0 saturated heterocycles. The van der Waals surface area contributed by atoms with E-state index in [-0.39, 0.29) is 18.2 Å². The van der Waals surface area contributed by atoms with E-state index in [1.807, 2.05) is 12.1 Å². The maximum Gasteiger partial charge on any atom is 0.342 e. The van der Waals surface area contributed by atoms with E-state index in [4.69, 9.17) is 15.5 Å². The molecule has 7 nitrogen and oxygen atoms in total. The minimum atomic E-state index is -1.86. The van der Waals surface area contributed by atoms with Crippen LogP contribution in [0.3, 0.4) is 0 Å². The van der Waals surface area contributed by atoms with Crippen LogP contribution >= 0.6 is 0 Å². The van der Waals surface area contributed by atoms with Crippen LogP contribution in [0.5, 0.6) is 0 Å². The third kappa shape index (κ3) is 1.73. The standard InChI is InChI=1S/C21H17N3O4/c1-21(27)12-6-15-18-10(7-24(15)19(25)11(12)8-28-20(21)26)17-13(22)5-9-3-2-4-14(23-18)16(9)17/h2-4,6,13,27H,5,7-8,22H2,1H3/t13?,21-/m0/s1. The van der Waals surface area contributed by atoms with E-state index in [1.165, 1.54) is 12.5 Å². The lowest BCUT2D eigenvalue weighted by Crippen LogP contribution is -2.42. The molecule has 140 valence electrons. The molecule has 2 aromatic heterocycles. The summed E-state index contributed by atoms with van der Waals surface area (Å²) < 4.78 is 6.68. The zero-order valence-electron chi connectivity index (χ0n) is 15.2. The van der Waals surface area contributed by atoms with Crippen molar-refractivity contribution in [3.05, 3.63) is 62.4 Å². The van der Waals surface area contributed by atoms with Crippen molar-refractivity contribution in [3.63, 3.8) is 0 Å². The van der Waals surface area contributed by atoms with E-state index in [2.05, 4.69) is 6.07 Å². The van der Waals surface area contributed by atoms with Crippen molar-refractivity contribution >= 4 is 16.9 Å². The van der Waals surface area contributed by atoms with Gasteiger partial charge in [0.1, 0.15) is 6.61 Å². The number of benzene rings is 1. The number of esters is 1. The van der Waals surface area contributed by atoms with Crippen molar-refractivity contribution in [2.75, 3.05) is 0 Å². The number of nitrogens with zero attached hydrogens (tertiary/aromatic N) is 2.